The summed E-state index contributed by atoms with van der Waals surface area (Å²) >= 11 is 0. The second-order valence-corrected chi connectivity index (χ2v) is 7.51. The average Bonchev–Trinajstić information content (AvgIpc) is 2.60. The smallest absolute Gasteiger partial charge is 0.111 e. The normalized spacial score (nSPS) is 16.8. The van der Waals surface area contributed by atoms with Crippen LogP contribution in [0.3, 0.4) is 0 Å². The molecule has 6 N–H and O–H groups in total. The number of hydrogen-bond donors (Lipinski definition) is 6. The van der Waals surface area contributed by atoms with Crippen molar-refractivity contribution in [3.63, 3.8) is 0 Å². The van der Waals surface area contributed by atoms with Gasteiger partial charge in [-0.3, -0.25) is 0 Å². The van der Waals surface area contributed by atoms with Crippen LogP contribution < -0.4 is 5.32 Å². The van der Waals surface area contributed by atoms with Gasteiger partial charge in [-0.1, -0.05) is 65.2 Å². The Bertz CT molecular complexity index is 291. The summed E-state index contributed by atoms with van der Waals surface area (Å²) in [5, 5.41) is 49.9. The summed E-state index contributed by atoms with van der Waals surface area (Å²) in [6.45, 7) is 4.78. The van der Waals surface area contributed by atoms with E-state index in [1.54, 1.807) is 0 Å². The van der Waals surface area contributed by atoms with Crippen molar-refractivity contribution in [3.05, 3.63) is 0 Å². The van der Waals surface area contributed by atoms with Crippen molar-refractivity contribution in [2.45, 2.75) is 96.1 Å². The van der Waals surface area contributed by atoms with E-state index in [0.29, 0.717) is 0 Å². The summed E-state index contributed by atoms with van der Waals surface area (Å²) in [7, 11) is 0. The molecule has 0 aliphatic heterocycles. The lowest BCUT2D eigenvalue weighted by atomic mass is 10.0. The van der Waals surface area contributed by atoms with Gasteiger partial charge in [-0.2, -0.15) is 0 Å². The van der Waals surface area contributed by atoms with Crippen LogP contribution in [0.4, 0.5) is 0 Å². The lowest BCUT2D eigenvalue weighted by molar-refractivity contribution is -0.113. The van der Waals surface area contributed by atoms with E-state index in [0.717, 1.165) is 25.3 Å². The summed E-state index contributed by atoms with van der Waals surface area (Å²) in [6, 6.07) is 0. The maximum Gasteiger partial charge on any atom is 0.111 e. The molecular weight excluding hydrogens is 322 g/mol. The van der Waals surface area contributed by atoms with Crippen molar-refractivity contribution in [1.29, 1.82) is 0 Å². The number of nitrogens with one attached hydrogen (secondary N) is 1. The van der Waals surface area contributed by atoms with Gasteiger partial charge in [0.1, 0.15) is 18.3 Å². The first-order chi connectivity index (χ1) is 11.9. The first-order valence-corrected chi connectivity index (χ1v) is 9.94. The molecule has 0 heterocycles. The molecule has 0 fully saturated rings. The molecule has 0 spiro atoms. The zero-order valence-electron chi connectivity index (χ0n) is 16.1. The van der Waals surface area contributed by atoms with E-state index >= 15 is 0 Å². The van der Waals surface area contributed by atoms with Gasteiger partial charge >= 0.3 is 0 Å². The van der Waals surface area contributed by atoms with Crippen LogP contribution >= 0.6 is 0 Å². The van der Waals surface area contributed by atoms with Gasteiger partial charge in [0.2, 0.25) is 0 Å². The minimum Gasteiger partial charge on any atom is -0.394 e. The van der Waals surface area contributed by atoms with Gasteiger partial charge in [0, 0.05) is 6.54 Å². The fourth-order valence-corrected chi connectivity index (χ4v) is 2.80. The fraction of sp³-hybridized carbons (Fsp3) is 1.00. The SMILES string of the molecule is CC(C)CCCCCCCCCCNC[C@H](O)[C@@H](O)[C@H](O)[C@H](O)CO. The van der Waals surface area contributed by atoms with Gasteiger partial charge < -0.3 is 30.8 Å². The third-order valence-electron chi connectivity index (χ3n) is 4.56. The summed E-state index contributed by atoms with van der Waals surface area (Å²) in [6.07, 6.45) is 5.65. The molecule has 6 nitrogen and oxygen atoms in total. The van der Waals surface area contributed by atoms with Crippen molar-refractivity contribution in [3.8, 4) is 0 Å². The molecule has 0 saturated carbocycles. The van der Waals surface area contributed by atoms with Gasteiger partial charge in [0.05, 0.1) is 12.7 Å². The van der Waals surface area contributed by atoms with Crippen LogP contribution in [-0.4, -0.2) is 69.6 Å². The highest BCUT2D eigenvalue weighted by Crippen LogP contribution is 2.12. The van der Waals surface area contributed by atoms with Crippen LogP contribution in [0.5, 0.6) is 0 Å². The second kappa shape index (κ2) is 16.0. The van der Waals surface area contributed by atoms with Crippen LogP contribution in [0, 0.1) is 5.92 Å². The Morgan fingerprint density at radius 3 is 1.68 bits per heavy atom. The van der Waals surface area contributed by atoms with Gasteiger partial charge in [0.25, 0.3) is 0 Å². The maximum absolute atomic E-state index is 9.74. The second-order valence-electron chi connectivity index (χ2n) is 7.51. The molecule has 0 rings (SSSR count). The summed E-state index contributed by atoms with van der Waals surface area (Å²) in [5.41, 5.74) is 0. The van der Waals surface area contributed by atoms with E-state index in [4.69, 9.17) is 5.11 Å². The van der Waals surface area contributed by atoms with E-state index in [9.17, 15) is 20.4 Å². The lowest BCUT2D eigenvalue weighted by Crippen LogP contribution is -2.49. The quantitative estimate of drug-likeness (QED) is 0.216. The van der Waals surface area contributed by atoms with Gasteiger partial charge in [-0.15, -0.1) is 0 Å². The standard InChI is InChI=1S/C19H41NO5/c1-15(2)11-9-7-5-3-4-6-8-10-12-20-13-16(22)18(24)19(25)17(23)14-21/h15-25H,3-14H2,1-2H3/t16-,17+,18+,19+/m0/s1. The van der Waals surface area contributed by atoms with E-state index in [1.165, 1.54) is 44.9 Å². The molecular formula is C19H41NO5. The molecule has 0 unspecified atom stereocenters. The van der Waals surface area contributed by atoms with Crippen LogP contribution in [0.2, 0.25) is 0 Å². The number of aliphatic hydroxyl groups is 5. The van der Waals surface area contributed by atoms with Crippen molar-refractivity contribution in [2.24, 2.45) is 5.92 Å². The third kappa shape index (κ3) is 13.6. The first kappa shape index (κ1) is 24.8. The molecule has 0 amide bonds. The fourth-order valence-electron chi connectivity index (χ4n) is 2.80. The van der Waals surface area contributed by atoms with Crippen molar-refractivity contribution in [1.82, 2.24) is 5.32 Å². The zero-order valence-corrected chi connectivity index (χ0v) is 16.1. The van der Waals surface area contributed by atoms with Crippen molar-refractivity contribution < 1.29 is 25.5 Å². The average molecular weight is 364 g/mol. The van der Waals surface area contributed by atoms with Crippen LogP contribution in [0.25, 0.3) is 0 Å². The Morgan fingerprint density at radius 1 is 0.680 bits per heavy atom. The van der Waals surface area contributed by atoms with Crippen LogP contribution in [-0.2, 0) is 0 Å². The number of hydrogen-bond acceptors (Lipinski definition) is 6. The summed E-state index contributed by atoms with van der Waals surface area (Å²) in [5.74, 6) is 0.815. The van der Waals surface area contributed by atoms with Crippen LogP contribution in [0.15, 0.2) is 0 Å². The van der Waals surface area contributed by atoms with Crippen LogP contribution in [0.1, 0.15) is 71.6 Å². The van der Waals surface area contributed by atoms with Crippen molar-refractivity contribution in [2.75, 3.05) is 19.7 Å². The summed E-state index contributed by atoms with van der Waals surface area (Å²) < 4.78 is 0. The molecule has 6 heteroatoms. The number of unbranched alkanes of at least 4 members (excludes halogenated alkanes) is 7. The molecule has 0 saturated heterocycles. The minimum atomic E-state index is -1.55. The highest BCUT2D eigenvalue weighted by molar-refractivity contribution is 4.81. The maximum atomic E-state index is 9.74. The van der Waals surface area contributed by atoms with Gasteiger partial charge in [-0.25, -0.2) is 0 Å². The van der Waals surface area contributed by atoms with E-state index in [2.05, 4.69) is 19.2 Å². The summed E-state index contributed by atoms with van der Waals surface area (Å²) in [4.78, 5) is 0. The molecule has 0 aromatic rings. The third-order valence-corrected chi connectivity index (χ3v) is 4.56. The molecule has 152 valence electrons. The Hall–Kier alpha value is -0.240. The van der Waals surface area contributed by atoms with Gasteiger partial charge in [0.15, 0.2) is 0 Å². The molecule has 25 heavy (non-hydrogen) atoms. The predicted octanol–water partition coefficient (Wildman–Crippen LogP) is 1.18. The molecule has 4 atom stereocenters. The van der Waals surface area contributed by atoms with Crippen molar-refractivity contribution >= 4 is 0 Å². The highest BCUT2D eigenvalue weighted by atomic mass is 16.4. The predicted molar refractivity (Wildman–Crippen MR) is 100 cm³/mol. The van der Waals surface area contributed by atoms with E-state index in [-0.39, 0.29) is 6.54 Å². The molecule has 0 bridgehead atoms. The molecule has 0 aromatic carbocycles. The Morgan fingerprint density at radius 2 is 1.16 bits per heavy atom. The first-order valence-electron chi connectivity index (χ1n) is 9.94. The van der Waals surface area contributed by atoms with Gasteiger partial charge in [-0.05, 0) is 18.9 Å². The number of rotatable bonds is 17. The Kier molecular flexibility index (Phi) is 15.8. The minimum absolute atomic E-state index is 0.145. The number of aliphatic hydroxyl groups excluding tert-OH is 5. The molecule has 0 aliphatic carbocycles. The Labute approximate surface area is 153 Å². The van der Waals surface area contributed by atoms with E-state index < -0.39 is 31.0 Å². The molecule has 0 aromatic heterocycles. The monoisotopic (exact) mass is 363 g/mol. The van der Waals surface area contributed by atoms with E-state index in [1.807, 2.05) is 0 Å². The lowest BCUT2D eigenvalue weighted by Gasteiger charge is -2.25. The zero-order chi connectivity index (χ0) is 19.1. The largest absolute Gasteiger partial charge is 0.394 e. The molecule has 0 radical (unpaired) electrons. The topological polar surface area (TPSA) is 113 Å². The molecule has 0 aliphatic rings. The Balaban J connectivity index is 3.43. The highest BCUT2D eigenvalue weighted by Gasteiger charge is 2.29.